The summed E-state index contributed by atoms with van der Waals surface area (Å²) < 4.78 is 0. The van der Waals surface area contributed by atoms with Gasteiger partial charge in [-0.25, -0.2) is 0 Å². The minimum absolute atomic E-state index is 0.118. The largest absolute Gasteiger partial charge is 0.368 e. The van der Waals surface area contributed by atoms with Gasteiger partial charge in [0, 0.05) is 39.7 Å². The first-order valence-electron chi connectivity index (χ1n) is 15.5. The van der Waals surface area contributed by atoms with Gasteiger partial charge in [0.25, 0.3) is 0 Å². The molecule has 12 heteroatoms. The van der Waals surface area contributed by atoms with Crippen LogP contribution in [-0.2, 0) is 38.4 Å². The first-order chi connectivity index (χ1) is 23.0. The van der Waals surface area contributed by atoms with Crippen molar-refractivity contribution in [3.63, 3.8) is 0 Å². The summed E-state index contributed by atoms with van der Waals surface area (Å²) in [5.41, 5.74) is 8.05. The van der Waals surface area contributed by atoms with Crippen molar-refractivity contribution in [2.45, 2.75) is 31.7 Å². The van der Waals surface area contributed by atoms with E-state index in [1.54, 1.807) is 36.4 Å². The molecule has 1 aliphatic rings. The van der Waals surface area contributed by atoms with Gasteiger partial charge in [-0.3, -0.25) is 19.2 Å². The minimum Gasteiger partial charge on any atom is -0.368 e. The number of hydrogen-bond acceptors (Lipinski definition) is 4. The van der Waals surface area contributed by atoms with Crippen LogP contribution in [-0.4, -0.2) is 77.1 Å². The van der Waals surface area contributed by atoms with Gasteiger partial charge in [-0.15, -0.1) is 0 Å². The number of fused-ring (bicyclic) bond motifs is 1. The molecule has 1 saturated heterocycles. The van der Waals surface area contributed by atoms with Gasteiger partial charge in [-0.1, -0.05) is 101 Å². The topological polar surface area (TPSA) is 104 Å². The quantitative estimate of drug-likeness (QED) is 0.177. The number of piperazine rings is 1. The van der Waals surface area contributed by atoms with Gasteiger partial charge in [0.2, 0.25) is 23.6 Å². The highest BCUT2D eigenvalue weighted by molar-refractivity contribution is 6.35. The maximum Gasteiger partial charge on any atom is 0.246 e. The van der Waals surface area contributed by atoms with E-state index >= 15 is 0 Å². The van der Waals surface area contributed by atoms with E-state index in [2.05, 4.69) is 0 Å². The molecule has 1 atom stereocenters. The van der Waals surface area contributed by atoms with Crippen molar-refractivity contribution in [1.29, 1.82) is 0 Å². The van der Waals surface area contributed by atoms with Crippen LogP contribution in [0.15, 0.2) is 78.9 Å². The van der Waals surface area contributed by atoms with Crippen molar-refractivity contribution in [1.82, 2.24) is 14.7 Å². The lowest BCUT2D eigenvalue weighted by Crippen LogP contribution is -2.61. The zero-order valence-electron chi connectivity index (χ0n) is 26.0. The summed E-state index contributed by atoms with van der Waals surface area (Å²) in [4.78, 5) is 58.0. The van der Waals surface area contributed by atoms with Crippen molar-refractivity contribution in [3.8, 4) is 0 Å². The molecule has 0 saturated carbocycles. The first kappa shape index (κ1) is 35.5. The Morgan fingerprint density at radius 1 is 0.771 bits per heavy atom. The van der Waals surface area contributed by atoms with Crippen LogP contribution in [0.25, 0.3) is 10.8 Å². The van der Waals surface area contributed by atoms with Crippen LogP contribution in [0.4, 0.5) is 0 Å². The molecule has 0 spiro atoms. The van der Waals surface area contributed by atoms with E-state index in [1.165, 1.54) is 14.7 Å². The fraction of sp³-hybridized carbons (Fsp3) is 0.278. The van der Waals surface area contributed by atoms with Gasteiger partial charge in [0.1, 0.15) is 6.04 Å². The van der Waals surface area contributed by atoms with E-state index < -0.39 is 17.9 Å². The van der Waals surface area contributed by atoms with E-state index in [0.29, 0.717) is 39.4 Å². The number of nitrogens with two attached hydrogens (primary N) is 1. The SMILES string of the molecule is NC(=O)CN(CCc1ccc(Cl)cc1Cl)C(=O)CC1C(=O)N(CCc2ccc(Cl)cc2Cl)CC(=O)N1CCc1cccc2ccccc12. The standard InChI is InChI=1S/C36H34Cl4N4O4/c37-27-10-8-25(30(39)18-27)12-15-42(21-33(41)45)34(46)20-32-36(48)43(16-13-26-9-11-28(38)19-31(26)40)22-35(47)44(32)17-14-24-6-3-5-23-4-1-2-7-29(23)24/h1-11,18-19,32H,12-17,20-22H2,(H2,41,45). The van der Waals surface area contributed by atoms with Gasteiger partial charge in [0.15, 0.2) is 0 Å². The van der Waals surface area contributed by atoms with E-state index in [1.807, 2.05) is 42.5 Å². The molecule has 2 N–H and O–H groups in total. The third-order valence-electron chi connectivity index (χ3n) is 8.52. The Balaban J connectivity index is 1.37. The lowest BCUT2D eigenvalue weighted by Gasteiger charge is -2.41. The molecular formula is C36H34Cl4N4O4. The molecule has 1 heterocycles. The normalized spacial score (nSPS) is 14.9. The molecule has 8 nitrogen and oxygen atoms in total. The predicted molar refractivity (Wildman–Crippen MR) is 190 cm³/mol. The Morgan fingerprint density at radius 3 is 2.06 bits per heavy atom. The van der Waals surface area contributed by atoms with Crippen molar-refractivity contribution in [2.24, 2.45) is 5.73 Å². The molecule has 1 fully saturated rings. The molecule has 4 aromatic carbocycles. The Labute approximate surface area is 299 Å². The van der Waals surface area contributed by atoms with E-state index in [0.717, 1.165) is 27.5 Å². The third kappa shape index (κ3) is 8.80. The first-order valence-corrected chi connectivity index (χ1v) is 17.0. The lowest BCUT2D eigenvalue weighted by atomic mass is 10.00. The average Bonchev–Trinajstić information content (AvgIpc) is 3.04. The van der Waals surface area contributed by atoms with Crippen LogP contribution in [0, 0.1) is 0 Å². The molecule has 4 amide bonds. The fourth-order valence-corrected chi connectivity index (χ4v) is 7.01. The zero-order chi connectivity index (χ0) is 34.4. The number of carbonyl (C=O) groups excluding carboxylic acids is 4. The van der Waals surface area contributed by atoms with Crippen molar-refractivity contribution >= 4 is 80.8 Å². The summed E-state index contributed by atoms with van der Waals surface area (Å²) in [6.45, 7) is 0.0716. The molecule has 1 aliphatic heterocycles. The number of nitrogens with zero attached hydrogens (tertiary/aromatic N) is 3. The Hall–Kier alpha value is -3.82. The van der Waals surface area contributed by atoms with E-state index in [-0.39, 0.29) is 51.0 Å². The predicted octanol–water partition coefficient (Wildman–Crippen LogP) is 6.22. The van der Waals surface area contributed by atoms with Gasteiger partial charge in [-0.2, -0.15) is 0 Å². The summed E-state index contributed by atoms with van der Waals surface area (Å²) in [5.74, 6) is -1.82. The molecule has 0 aliphatic carbocycles. The minimum atomic E-state index is -1.08. The van der Waals surface area contributed by atoms with Gasteiger partial charge in [0.05, 0.1) is 19.5 Å². The number of rotatable bonds is 13. The molecule has 0 radical (unpaired) electrons. The highest BCUT2D eigenvalue weighted by atomic mass is 35.5. The summed E-state index contributed by atoms with van der Waals surface area (Å²) >= 11 is 24.8. The monoisotopic (exact) mass is 726 g/mol. The second-order valence-corrected chi connectivity index (χ2v) is 13.4. The van der Waals surface area contributed by atoms with E-state index in [4.69, 9.17) is 52.1 Å². The molecule has 5 rings (SSSR count). The second kappa shape index (κ2) is 16.1. The summed E-state index contributed by atoms with van der Waals surface area (Å²) in [7, 11) is 0. The average molecular weight is 729 g/mol. The van der Waals surface area contributed by atoms with Crippen LogP contribution in [0.1, 0.15) is 23.1 Å². The molecular weight excluding hydrogens is 694 g/mol. The van der Waals surface area contributed by atoms with Gasteiger partial charge < -0.3 is 20.4 Å². The number of amides is 4. The summed E-state index contributed by atoms with van der Waals surface area (Å²) in [5, 5.41) is 3.98. The highest BCUT2D eigenvalue weighted by Crippen LogP contribution is 2.26. The van der Waals surface area contributed by atoms with Crippen LogP contribution in [0.2, 0.25) is 20.1 Å². The van der Waals surface area contributed by atoms with Crippen LogP contribution in [0.3, 0.4) is 0 Å². The van der Waals surface area contributed by atoms with Crippen LogP contribution < -0.4 is 5.73 Å². The molecule has 1 unspecified atom stereocenters. The second-order valence-electron chi connectivity index (χ2n) is 11.7. The molecule has 0 bridgehead atoms. The maximum atomic E-state index is 14.1. The molecule has 48 heavy (non-hydrogen) atoms. The molecule has 4 aromatic rings. The van der Waals surface area contributed by atoms with Crippen LogP contribution >= 0.6 is 46.4 Å². The van der Waals surface area contributed by atoms with Gasteiger partial charge >= 0.3 is 0 Å². The maximum absolute atomic E-state index is 14.1. The van der Waals surface area contributed by atoms with Crippen molar-refractivity contribution in [3.05, 3.63) is 116 Å². The van der Waals surface area contributed by atoms with Crippen LogP contribution in [0.5, 0.6) is 0 Å². The summed E-state index contributed by atoms with van der Waals surface area (Å²) in [6, 6.07) is 23.0. The Morgan fingerprint density at radius 2 is 1.40 bits per heavy atom. The number of halogens is 4. The number of carbonyl (C=O) groups is 4. The van der Waals surface area contributed by atoms with Crippen molar-refractivity contribution in [2.75, 3.05) is 32.7 Å². The summed E-state index contributed by atoms with van der Waals surface area (Å²) in [6.07, 6.45) is 0.873. The number of primary amides is 1. The fourth-order valence-electron chi connectivity index (χ4n) is 6.00. The Kier molecular flexibility index (Phi) is 11.9. The zero-order valence-corrected chi connectivity index (χ0v) is 29.0. The Bertz CT molecular complexity index is 1850. The third-order valence-corrected chi connectivity index (χ3v) is 9.70. The molecule has 250 valence electrons. The molecule has 0 aromatic heterocycles. The number of benzene rings is 4. The van der Waals surface area contributed by atoms with Gasteiger partial charge in [-0.05, 0) is 71.0 Å². The lowest BCUT2D eigenvalue weighted by molar-refractivity contribution is -0.158. The number of hydrogen-bond donors (Lipinski definition) is 1. The smallest absolute Gasteiger partial charge is 0.246 e. The highest BCUT2D eigenvalue weighted by Gasteiger charge is 2.41. The van der Waals surface area contributed by atoms with Crippen molar-refractivity contribution < 1.29 is 19.2 Å². The van der Waals surface area contributed by atoms with E-state index in [9.17, 15) is 19.2 Å².